The van der Waals surface area contributed by atoms with Gasteiger partial charge in [-0.2, -0.15) is 0 Å². The number of aldehydes is 1. The molecule has 1 heterocycles. The molecule has 1 fully saturated rings. The molecule has 0 aliphatic carbocycles. The number of hydrogen-bond donors (Lipinski definition) is 0. The SMILES string of the molecule is CC(C)(C=O)C/C=C1\OC(COCc2ccccc2)[C@@H](OCc2ccccc2)C(OCc2ccccc2)C1OCc1ccccc1. The fourth-order valence-corrected chi connectivity index (χ4v) is 5.28. The molecule has 240 valence electrons. The van der Waals surface area contributed by atoms with Gasteiger partial charge in [-0.15, -0.1) is 0 Å². The predicted octanol–water partition coefficient (Wildman–Crippen LogP) is 7.86. The van der Waals surface area contributed by atoms with Gasteiger partial charge in [-0.25, -0.2) is 0 Å². The molecule has 3 unspecified atom stereocenters. The summed E-state index contributed by atoms with van der Waals surface area (Å²) in [4.78, 5) is 11.9. The van der Waals surface area contributed by atoms with Crippen LogP contribution in [0, 0.1) is 5.41 Å². The molecule has 6 heteroatoms. The Kier molecular flexibility index (Phi) is 12.3. The van der Waals surface area contributed by atoms with Crippen molar-refractivity contribution in [3.63, 3.8) is 0 Å². The maximum Gasteiger partial charge on any atom is 0.150 e. The Morgan fingerprint density at radius 3 is 1.52 bits per heavy atom. The molecular weight excluding hydrogens is 576 g/mol. The van der Waals surface area contributed by atoms with E-state index in [2.05, 4.69) is 0 Å². The summed E-state index contributed by atoms with van der Waals surface area (Å²) in [5.74, 6) is 0.622. The van der Waals surface area contributed by atoms with Gasteiger partial charge in [0.25, 0.3) is 0 Å². The second-order valence-corrected chi connectivity index (χ2v) is 12.3. The first-order valence-electron chi connectivity index (χ1n) is 15.9. The summed E-state index contributed by atoms with van der Waals surface area (Å²) in [6, 6.07) is 40.3. The first-order valence-corrected chi connectivity index (χ1v) is 15.9. The van der Waals surface area contributed by atoms with Crippen molar-refractivity contribution >= 4 is 6.29 Å². The van der Waals surface area contributed by atoms with Crippen molar-refractivity contribution in [3.05, 3.63) is 155 Å². The molecule has 1 aliphatic heterocycles. The molecule has 1 saturated heterocycles. The van der Waals surface area contributed by atoms with Crippen LogP contribution in [0.2, 0.25) is 0 Å². The van der Waals surface area contributed by atoms with Crippen molar-refractivity contribution in [3.8, 4) is 0 Å². The molecule has 4 atom stereocenters. The molecular formula is C40H44O6. The Hall–Kier alpha value is -4.07. The molecule has 4 aromatic rings. The van der Waals surface area contributed by atoms with Gasteiger partial charge >= 0.3 is 0 Å². The molecule has 5 rings (SSSR count). The van der Waals surface area contributed by atoms with Gasteiger partial charge in [-0.05, 0) is 34.8 Å². The zero-order valence-corrected chi connectivity index (χ0v) is 26.7. The Morgan fingerprint density at radius 1 is 0.609 bits per heavy atom. The lowest BCUT2D eigenvalue weighted by molar-refractivity contribution is -0.223. The third-order valence-electron chi connectivity index (χ3n) is 7.94. The molecule has 6 nitrogen and oxygen atoms in total. The molecule has 46 heavy (non-hydrogen) atoms. The van der Waals surface area contributed by atoms with Crippen LogP contribution >= 0.6 is 0 Å². The lowest BCUT2D eigenvalue weighted by Gasteiger charge is -2.44. The van der Waals surface area contributed by atoms with Crippen molar-refractivity contribution in [1.82, 2.24) is 0 Å². The molecule has 1 aliphatic rings. The standard InChI is InChI=1S/C40H44O6/c1-40(2,30-41)24-23-35-37(43-26-32-17-9-4-10-18-32)39(45-28-34-21-13-6-14-22-34)38(44-27-33-19-11-5-12-20-33)36(46-35)29-42-25-31-15-7-3-8-16-31/h3-23,30,36-39H,24-29H2,1-2H3/b35-23-/t36?,37?,38-,39?/m1/s1. The zero-order valence-electron chi connectivity index (χ0n) is 26.7. The second-order valence-electron chi connectivity index (χ2n) is 12.3. The van der Waals surface area contributed by atoms with Crippen molar-refractivity contribution < 1.29 is 28.5 Å². The van der Waals surface area contributed by atoms with Gasteiger partial charge in [0, 0.05) is 5.41 Å². The minimum absolute atomic E-state index is 0.277. The van der Waals surface area contributed by atoms with Crippen molar-refractivity contribution in [1.29, 1.82) is 0 Å². The summed E-state index contributed by atoms with van der Waals surface area (Å²) < 4.78 is 33.1. The molecule has 0 bridgehead atoms. The quantitative estimate of drug-likeness (QED) is 0.119. The van der Waals surface area contributed by atoms with E-state index in [-0.39, 0.29) is 6.61 Å². The van der Waals surface area contributed by atoms with E-state index >= 15 is 0 Å². The van der Waals surface area contributed by atoms with Crippen LogP contribution in [0.3, 0.4) is 0 Å². The van der Waals surface area contributed by atoms with Crippen LogP contribution in [0.5, 0.6) is 0 Å². The minimum atomic E-state index is -0.586. The van der Waals surface area contributed by atoms with E-state index in [4.69, 9.17) is 23.7 Å². The van der Waals surface area contributed by atoms with Crippen LogP contribution in [-0.4, -0.2) is 37.3 Å². The topological polar surface area (TPSA) is 63.2 Å². The van der Waals surface area contributed by atoms with Crippen LogP contribution in [0.25, 0.3) is 0 Å². The molecule has 0 aromatic heterocycles. The van der Waals surface area contributed by atoms with E-state index in [1.165, 1.54) is 0 Å². The third kappa shape index (κ3) is 9.96. The first kappa shape index (κ1) is 33.3. The predicted molar refractivity (Wildman–Crippen MR) is 179 cm³/mol. The van der Waals surface area contributed by atoms with Crippen molar-refractivity contribution in [2.24, 2.45) is 5.41 Å². The Balaban J connectivity index is 1.47. The summed E-state index contributed by atoms with van der Waals surface area (Å²) in [7, 11) is 0. The monoisotopic (exact) mass is 620 g/mol. The summed E-state index contributed by atoms with van der Waals surface area (Å²) in [6.07, 6.45) is 1.31. The molecule has 4 aromatic carbocycles. The normalized spacial score (nSPS) is 20.7. The second kappa shape index (κ2) is 17.0. The Bertz CT molecular complexity index is 1470. The number of rotatable bonds is 16. The number of allylic oxidation sites excluding steroid dienone is 1. The van der Waals surface area contributed by atoms with E-state index in [1.807, 2.05) is 141 Å². The molecule has 0 amide bonds. The maximum atomic E-state index is 11.9. The van der Waals surface area contributed by atoms with Gasteiger partial charge in [0.15, 0.2) is 6.10 Å². The fraction of sp³-hybridized carbons (Fsp3) is 0.325. The molecule has 0 N–H and O–H groups in total. The highest BCUT2D eigenvalue weighted by Crippen LogP contribution is 2.34. The van der Waals surface area contributed by atoms with Gasteiger partial charge in [0.05, 0.1) is 33.0 Å². The zero-order chi connectivity index (χ0) is 32.0. The summed E-state index contributed by atoms with van der Waals surface area (Å²) in [5.41, 5.74) is 3.63. The van der Waals surface area contributed by atoms with Gasteiger partial charge in [-0.1, -0.05) is 135 Å². The number of hydrogen-bond acceptors (Lipinski definition) is 6. The van der Waals surface area contributed by atoms with Crippen LogP contribution in [-0.2, 0) is 54.9 Å². The largest absolute Gasteiger partial charge is 0.487 e. The van der Waals surface area contributed by atoms with Crippen molar-refractivity contribution in [2.45, 2.75) is 71.1 Å². The summed E-state index contributed by atoms with van der Waals surface area (Å²) in [5, 5.41) is 0. The average molecular weight is 621 g/mol. The van der Waals surface area contributed by atoms with E-state index in [1.54, 1.807) is 0 Å². The highest BCUT2D eigenvalue weighted by molar-refractivity contribution is 5.58. The van der Waals surface area contributed by atoms with Crippen LogP contribution in [0.4, 0.5) is 0 Å². The van der Waals surface area contributed by atoms with E-state index in [9.17, 15) is 4.79 Å². The van der Waals surface area contributed by atoms with Crippen LogP contribution < -0.4 is 0 Å². The number of carbonyl (C=O) groups excluding carboxylic acids is 1. The smallest absolute Gasteiger partial charge is 0.150 e. The third-order valence-corrected chi connectivity index (χ3v) is 7.94. The van der Waals surface area contributed by atoms with E-state index < -0.39 is 29.8 Å². The Morgan fingerprint density at radius 2 is 1.04 bits per heavy atom. The first-order chi connectivity index (χ1) is 22.5. The van der Waals surface area contributed by atoms with E-state index in [0.717, 1.165) is 28.5 Å². The lowest BCUT2D eigenvalue weighted by atomic mass is 9.89. The van der Waals surface area contributed by atoms with Crippen LogP contribution in [0.15, 0.2) is 133 Å². The average Bonchev–Trinajstić information content (AvgIpc) is 3.10. The van der Waals surface area contributed by atoms with E-state index in [0.29, 0.717) is 38.6 Å². The van der Waals surface area contributed by atoms with Gasteiger partial charge in [0.2, 0.25) is 0 Å². The molecule has 0 saturated carbocycles. The fourth-order valence-electron chi connectivity index (χ4n) is 5.28. The lowest BCUT2D eigenvalue weighted by Crippen LogP contribution is -2.56. The number of benzene rings is 4. The maximum absolute atomic E-state index is 11.9. The van der Waals surface area contributed by atoms with Crippen molar-refractivity contribution in [2.75, 3.05) is 6.61 Å². The highest BCUT2D eigenvalue weighted by Gasteiger charge is 2.46. The summed E-state index contributed by atoms with van der Waals surface area (Å²) >= 11 is 0. The molecule has 0 radical (unpaired) electrons. The minimum Gasteiger partial charge on any atom is -0.487 e. The highest BCUT2D eigenvalue weighted by atomic mass is 16.6. The number of carbonyl (C=O) groups is 1. The van der Waals surface area contributed by atoms with Gasteiger partial charge in [0.1, 0.15) is 30.4 Å². The van der Waals surface area contributed by atoms with Gasteiger partial charge < -0.3 is 28.5 Å². The molecule has 0 spiro atoms. The number of ether oxygens (including phenoxy) is 5. The summed E-state index contributed by atoms with van der Waals surface area (Å²) in [6.45, 7) is 5.64. The van der Waals surface area contributed by atoms with Crippen LogP contribution in [0.1, 0.15) is 42.5 Å². The Labute approximate surface area is 272 Å². The van der Waals surface area contributed by atoms with Gasteiger partial charge in [-0.3, -0.25) is 0 Å².